The molecule has 55 heavy (non-hydrogen) atoms. The highest BCUT2D eigenvalue weighted by molar-refractivity contribution is 7.91. The van der Waals surface area contributed by atoms with Crippen LogP contribution in [0.4, 0.5) is 0 Å². The zero-order valence-corrected chi connectivity index (χ0v) is 33.9. The number of sulfonamides is 1. The molecule has 296 valence electrons. The number of methoxy groups -OCH3 is 1. The maximum Gasteiger partial charge on any atom is 0.259 e. The molecule has 4 heterocycles. The van der Waals surface area contributed by atoms with Crippen LogP contribution in [-0.2, 0) is 29.1 Å². The second kappa shape index (κ2) is 15.5. The molecule has 1 aromatic carbocycles. The van der Waals surface area contributed by atoms with E-state index in [0.717, 1.165) is 40.9 Å². The van der Waals surface area contributed by atoms with Gasteiger partial charge in [0.15, 0.2) is 0 Å². The Hall–Kier alpha value is -4.08. The molecule has 2 aliphatic carbocycles. The molecule has 15 heteroatoms. The molecule has 4 aliphatic rings. The average molecular weight is 794 g/mol. The lowest BCUT2D eigenvalue weighted by Crippen LogP contribution is -2.57. The lowest BCUT2D eigenvalue weighted by molar-refractivity contribution is -0.151. The number of allylic oxidation sites excluding steroid dienone is 1. The predicted octanol–water partition coefficient (Wildman–Crippen LogP) is 5.41. The number of fused-ring (bicyclic) bond motifs is 3. The van der Waals surface area contributed by atoms with E-state index < -0.39 is 56.8 Å². The molecule has 7 rings (SSSR count). The van der Waals surface area contributed by atoms with Crippen molar-refractivity contribution >= 4 is 50.0 Å². The third-order valence-electron chi connectivity index (χ3n) is 11.1. The molecule has 0 radical (unpaired) electrons. The van der Waals surface area contributed by atoms with Crippen LogP contribution in [0.3, 0.4) is 0 Å². The number of thiazole rings is 1. The van der Waals surface area contributed by atoms with Gasteiger partial charge in [0.1, 0.15) is 46.0 Å². The number of rotatable bonds is 9. The average Bonchev–Trinajstić information content (AvgIpc) is 4.01. The van der Waals surface area contributed by atoms with Crippen LogP contribution in [0.1, 0.15) is 89.8 Å². The number of carbonyl (C=O) groups is 3. The largest absolute Gasteiger partial charge is 0.496 e. The number of nitrogens with one attached hydrogen (secondary N) is 2. The first-order valence-electron chi connectivity index (χ1n) is 19.3. The van der Waals surface area contributed by atoms with E-state index in [2.05, 4.69) is 23.9 Å². The van der Waals surface area contributed by atoms with Crippen molar-refractivity contribution < 1.29 is 37.0 Å². The molecule has 2 aliphatic heterocycles. The standard InChI is InChI=1S/C40H51N5O8S2/c1-22(2)30-21-54-37(42-30)29-18-33(28-14-15-32(51-6)24(5)34(28)41-29)53-26-17-31-36(46)43-40(39(48)44-55(49,50)27-12-13-27)19-25(40)11-9-7-8-10-16-52-35(23(3)4)38(47)45(31)20-26/h9,11,14-15,18,21-23,25-27,31,35H,7-8,10,12-13,16-17,19-20H2,1-6H3,(H,43,46)(H,44,48). The van der Waals surface area contributed by atoms with Gasteiger partial charge < -0.3 is 24.4 Å². The SMILES string of the molecule is COc1ccc2c(OC3CC4C(=O)NC5(C(=O)NS(=O)(=O)C6CC6)CC5C=CCCCCOC(C(C)C)C(=O)N4C3)cc(-c3nc(C(C)C)cs3)nc2c1C. The van der Waals surface area contributed by atoms with Crippen LogP contribution in [0, 0.1) is 18.8 Å². The Balaban J connectivity index is 1.23. The summed E-state index contributed by atoms with van der Waals surface area (Å²) in [4.78, 5) is 54.0. The molecule has 5 atom stereocenters. The minimum atomic E-state index is -3.86. The number of aryl methyl sites for hydroxylation is 1. The van der Waals surface area contributed by atoms with Crippen LogP contribution in [0.2, 0.25) is 0 Å². The molecule has 5 unspecified atom stereocenters. The summed E-state index contributed by atoms with van der Waals surface area (Å²) in [5.41, 5.74) is 1.66. The van der Waals surface area contributed by atoms with Crippen LogP contribution >= 0.6 is 11.3 Å². The molecule has 3 amide bonds. The minimum absolute atomic E-state index is 0.0884. The molecule has 2 aromatic heterocycles. The Kier molecular flexibility index (Phi) is 11.0. The molecular formula is C40H51N5O8S2. The van der Waals surface area contributed by atoms with Crippen molar-refractivity contribution in [1.82, 2.24) is 24.9 Å². The fraction of sp³-hybridized carbons (Fsp3) is 0.575. The van der Waals surface area contributed by atoms with E-state index in [9.17, 15) is 22.8 Å². The predicted molar refractivity (Wildman–Crippen MR) is 209 cm³/mol. The first-order chi connectivity index (χ1) is 26.2. The summed E-state index contributed by atoms with van der Waals surface area (Å²) in [7, 11) is -2.25. The van der Waals surface area contributed by atoms with Crippen molar-refractivity contribution in [3.63, 3.8) is 0 Å². The monoisotopic (exact) mass is 793 g/mol. The van der Waals surface area contributed by atoms with Crippen molar-refractivity contribution in [3.05, 3.63) is 47.0 Å². The number of carbonyl (C=O) groups excluding carboxylic acids is 3. The zero-order chi connectivity index (χ0) is 39.2. The van der Waals surface area contributed by atoms with Gasteiger partial charge in [-0.3, -0.25) is 19.1 Å². The summed E-state index contributed by atoms with van der Waals surface area (Å²) in [5, 5.41) is 5.85. The summed E-state index contributed by atoms with van der Waals surface area (Å²) in [6.45, 7) is 10.4. The number of hydrogen-bond donors (Lipinski definition) is 2. The molecule has 0 bridgehead atoms. The van der Waals surface area contributed by atoms with Crippen molar-refractivity contribution in [2.75, 3.05) is 20.3 Å². The molecule has 3 fully saturated rings. The zero-order valence-electron chi connectivity index (χ0n) is 32.3. The van der Waals surface area contributed by atoms with E-state index in [-0.39, 0.29) is 37.1 Å². The maximum absolute atomic E-state index is 14.5. The Bertz CT molecular complexity index is 2110. The Morgan fingerprint density at radius 3 is 2.60 bits per heavy atom. The van der Waals surface area contributed by atoms with Gasteiger partial charge in [-0.05, 0) is 69.4 Å². The first-order valence-corrected chi connectivity index (χ1v) is 21.7. The highest BCUT2D eigenvalue weighted by Crippen LogP contribution is 2.46. The van der Waals surface area contributed by atoms with Crippen molar-refractivity contribution in [1.29, 1.82) is 0 Å². The summed E-state index contributed by atoms with van der Waals surface area (Å²) in [6, 6.07) is 4.60. The third kappa shape index (κ3) is 7.97. The van der Waals surface area contributed by atoms with E-state index in [0.29, 0.717) is 42.2 Å². The maximum atomic E-state index is 14.5. The first kappa shape index (κ1) is 39.2. The Labute approximate surface area is 326 Å². The number of aromatic nitrogens is 2. The lowest BCUT2D eigenvalue weighted by Gasteiger charge is -2.30. The highest BCUT2D eigenvalue weighted by Gasteiger charge is 2.62. The molecule has 13 nitrogen and oxygen atoms in total. The molecule has 3 aromatic rings. The van der Waals surface area contributed by atoms with Crippen LogP contribution in [0.15, 0.2) is 35.7 Å². The van der Waals surface area contributed by atoms with Gasteiger partial charge >= 0.3 is 0 Å². The van der Waals surface area contributed by atoms with Crippen LogP contribution in [0.5, 0.6) is 11.5 Å². The van der Waals surface area contributed by atoms with Crippen LogP contribution < -0.4 is 19.5 Å². The van der Waals surface area contributed by atoms with Crippen LogP contribution in [-0.4, -0.2) is 90.3 Å². The van der Waals surface area contributed by atoms with Gasteiger partial charge in [-0.25, -0.2) is 18.4 Å². The van der Waals surface area contributed by atoms with Gasteiger partial charge in [0.2, 0.25) is 15.9 Å². The normalized spacial score (nSPS) is 26.3. The van der Waals surface area contributed by atoms with Gasteiger partial charge in [0, 0.05) is 41.3 Å². The van der Waals surface area contributed by atoms with Gasteiger partial charge in [-0.15, -0.1) is 11.3 Å². The molecule has 1 saturated heterocycles. The minimum Gasteiger partial charge on any atom is -0.496 e. The third-order valence-corrected chi connectivity index (χ3v) is 13.8. The fourth-order valence-electron chi connectivity index (χ4n) is 7.55. The Morgan fingerprint density at radius 1 is 1.13 bits per heavy atom. The van der Waals surface area contributed by atoms with Gasteiger partial charge in [0.25, 0.3) is 11.8 Å². The van der Waals surface area contributed by atoms with Crippen molar-refractivity contribution in [2.45, 2.75) is 115 Å². The van der Waals surface area contributed by atoms with Crippen molar-refractivity contribution in [2.24, 2.45) is 11.8 Å². The lowest BCUT2D eigenvalue weighted by atomic mass is 10.0. The van der Waals surface area contributed by atoms with Gasteiger partial charge in [-0.1, -0.05) is 39.8 Å². The summed E-state index contributed by atoms with van der Waals surface area (Å²) >= 11 is 1.50. The van der Waals surface area contributed by atoms with Crippen molar-refractivity contribution in [3.8, 4) is 22.2 Å². The highest BCUT2D eigenvalue weighted by atomic mass is 32.2. The number of ether oxygens (including phenoxy) is 3. The quantitative estimate of drug-likeness (QED) is 0.268. The summed E-state index contributed by atoms with van der Waals surface area (Å²) in [6.07, 6.45) is 6.06. The molecule has 0 spiro atoms. The Morgan fingerprint density at radius 2 is 1.91 bits per heavy atom. The van der Waals surface area contributed by atoms with E-state index in [1.807, 2.05) is 56.5 Å². The summed E-state index contributed by atoms with van der Waals surface area (Å²) in [5.74, 6) is -0.752. The number of benzene rings is 1. The van der Waals surface area contributed by atoms with Gasteiger partial charge in [0.05, 0.1) is 30.1 Å². The fourth-order valence-corrected chi connectivity index (χ4v) is 9.85. The second-order valence-corrected chi connectivity index (χ2v) is 18.7. The summed E-state index contributed by atoms with van der Waals surface area (Å²) < 4.78 is 46.6. The van der Waals surface area contributed by atoms with Gasteiger partial charge in [-0.2, -0.15) is 0 Å². The van der Waals surface area contributed by atoms with E-state index in [1.54, 1.807) is 7.11 Å². The smallest absolute Gasteiger partial charge is 0.259 e. The number of nitrogens with zero attached hydrogens (tertiary/aromatic N) is 3. The molecule has 2 saturated carbocycles. The van der Waals surface area contributed by atoms with E-state index in [1.165, 1.54) is 16.2 Å². The topological polar surface area (TPSA) is 166 Å². The number of pyridine rings is 1. The molecule has 2 N–H and O–H groups in total. The number of amides is 3. The molecular weight excluding hydrogens is 743 g/mol. The van der Waals surface area contributed by atoms with E-state index >= 15 is 0 Å². The van der Waals surface area contributed by atoms with Crippen LogP contribution in [0.25, 0.3) is 21.6 Å². The number of hydrogen-bond acceptors (Lipinski definition) is 11. The van der Waals surface area contributed by atoms with E-state index in [4.69, 9.17) is 24.2 Å². The second-order valence-electron chi connectivity index (χ2n) is 15.9.